The SMILES string of the molecule is Cc1csc(NCC2C(C)(C)C2(C)C)n1. The van der Waals surface area contributed by atoms with Crippen LogP contribution in [-0.2, 0) is 0 Å². The molecule has 15 heavy (non-hydrogen) atoms. The lowest BCUT2D eigenvalue weighted by molar-refractivity contribution is 0.457. The van der Waals surface area contributed by atoms with Crippen LogP contribution in [0, 0.1) is 23.7 Å². The van der Waals surface area contributed by atoms with Crippen LogP contribution in [0.2, 0.25) is 0 Å². The van der Waals surface area contributed by atoms with Gasteiger partial charge in [0.1, 0.15) is 0 Å². The van der Waals surface area contributed by atoms with Crippen LogP contribution >= 0.6 is 11.3 Å². The van der Waals surface area contributed by atoms with E-state index in [0.29, 0.717) is 10.8 Å². The fraction of sp³-hybridized carbons (Fsp3) is 0.750. The Hall–Kier alpha value is -0.570. The van der Waals surface area contributed by atoms with Crippen molar-refractivity contribution in [2.75, 3.05) is 11.9 Å². The van der Waals surface area contributed by atoms with Crippen LogP contribution in [0.4, 0.5) is 5.13 Å². The van der Waals surface area contributed by atoms with Gasteiger partial charge in [-0.1, -0.05) is 27.7 Å². The molecule has 1 aromatic heterocycles. The maximum atomic E-state index is 4.41. The number of thiazole rings is 1. The van der Waals surface area contributed by atoms with Crippen LogP contribution in [0.25, 0.3) is 0 Å². The molecule has 1 aromatic rings. The van der Waals surface area contributed by atoms with E-state index in [9.17, 15) is 0 Å². The van der Waals surface area contributed by atoms with Crippen molar-refractivity contribution < 1.29 is 0 Å². The Balaban J connectivity index is 1.91. The van der Waals surface area contributed by atoms with Crippen LogP contribution in [0.15, 0.2) is 5.38 Å². The fourth-order valence-corrected chi connectivity index (χ4v) is 3.17. The quantitative estimate of drug-likeness (QED) is 0.849. The normalized spacial score (nSPS) is 22.7. The van der Waals surface area contributed by atoms with Gasteiger partial charge >= 0.3 is 0 Å². The van der Waals surface area contributed by atoms with Gasteiger partial charge in [0.2, 0.25) is 0 Å². The van der Waals surface area contributed by atoms with Crippen LogP contribution in [0.3, 0.4) is 0 Å². The number of hydrogen-bond acceptors (Lipinski definition) is 3. The van der Waals surface area contributed by atoms with Crippen molar-refractivity contribution in [3.8, 4) is 0 Å². The topological polar surface area (TPSA) is 24.9 Å². The summed E-state index contributed by atoms with van der Waals surface area (Å²) in [5, 5.41) is 6.60. The van der Waals surface area contributed by atoms with E-state index in [-0.39, 0.29) is 0 Å². The van der Waals surface area contributed by atoms with Crippen molar-refractivity contribution in [1.82, 2.24) is 4.98 Å². The minimum absolute atomic E-state index is 0.465. The van der Waals surface area contributed by atoms with E-state index < -0.39 is 0 Å². The second kappa shape index (κ2) is 3.21. The predicted octanol–water partition coefficient (Wildman–Crippen LogP) is 3.55. The zero-order valence-corrected chi connectivity index (χ0v) is 11.0. The Morgan fingerprint density at radius 3 is 2.33 bits per heavy atom. The monoisotopic (exact) mass is 224 g/mol. The predicted molar refractivity (Wildman–Crippen MR) is 66.4 cm³/mol. The Morgan fingerprint density at radius 1 is 1.33 bits per heavy atom. The van der Waals surface area contributed by atoms with E-state index in [1.165, 1.54) is 0 Å². The summed E-state index contributed by atoms with van der Waals surface area (Å²) in [6.07, 6.45) is 0. The molecule has 1 aliphatic carbocycles. The second-order valence-corrected chi connectivity index (χ2v) is 6.53. The number of rotatable bonds is 3. The molecule has 1 N–H and O–H groups in total. The molecule has 0 amide bonds. The third kappa shape index (κ3) is 1.67. The Labute approximate surface area is 96.1 Å². The molecule has 0 aliphatic heterocycles. The fourth-order valence-electron chi connectivity index (χ4n) is 2.47. The van der Waals surface area contributed by atoms with Crippen LogP contribution in [0.5, 0.6) is 0 Å². The summed E-state index contributed by atoms with van der Waals surface area (Å²) in [4.78, 5) is 4.41. The van der Waals surface area contributed by atoms with Crippen molar-refractivity contribution in [1.29, 1.82) is 0 Å². The van der Waals surface area contributed by atoms with Gasteiger partial charge in [0.05, 0.1) is 5.69 Å². The van der Waals surface area contributed by atoms with Crippen molar-refractivity contribution >= 4 is 16.5 Å². The molecule has 2 nitrogen and oxygen atoms in total. The lowest BCUT2D eigenvalue weighted by Gasteiger charge is -2.04. The molecule has 0 radical (unpaired) electrons. The van der Waals surface area contributed by atoms with Crippen molar-refractivity contribution in [3.05, 3.63) is 11.1 Å². The molecule has 2 rings (SSSR count). The minimum atomic E-state index is 0.465. The maximum Gasteiger partial charge on any atom is 0.182 e. The van der Waals surface area contributed by atoms with Gasteiger partial charge in [0.15, 0.2) is 5.13 Å². The summed E-state index contributed by atoms with van der Waals surface area (Å²) < 4.78 is 0. The van der Waals surface area contributed by atoms with E-state index >= 15 is 0 Å². The summed E-state index contributed by atoms with van der Waals surface area (Å²) in [5.41, 5.74) is 2.04. The van der Waals surface area contributed by atoms with E-state index in [1.807, 2.05) is 6.92 Å². The highest BCUT2D eigenvalue weighted by Crippen LogP contribution is 2.68. The number of hydrogen-bond donors (Lipinski definition) is 1. The number of anilines is 1. The van der Waals surface area contributed by atoms with E-state index in [0.717, 1.165) is 23.3 Å². The first-order valence-electron chi connectivity index (χ1n) is 5.51. The molecule has 0 unspecified atom stereocenters. The van der Waals surface area contributed by atoms with Gasteiger partial charge < -0.3 is 5.32 Å². The largest absolute Gasteiger partial charge is 0.361 e. The van der Waals surface area contributed by atoms with Gasteiger partial charge in [-0.3, -0.25) is 0 Å². The first-order chi connectivity index (χ1) is 6.85. The van der Waals surface area contributed by atoms with Crippen molar-refractivity contribution in [3.63, 3.8) is 0 Å². The number of aryl methyl sites for hydroxylation is 1. The highest BCUT2D eigenvalue weighted by atomic mass is 32.1. The smallest absolute Gasteiger partial charge is 0.182 e. The molecule has 0 atom stereocenters. The van der Waals surface area contributed by atoms with Crippen molar-refractivity contribution in [2.45, 2.75) is 34.6 Å². The van der Waals surface area contributed by atoms with Gasteiger partial charge in [0, 0.05) is 11.9 Å². The Morgan fingerprint density at radius 2 is 1.93 bits per heavy atom. The lowest BCUT2D eigenvalue weighted by Crippen LogP contribution is -2.07. The van der Waals surface area contributed by atoms with E-state index in [2.05, 4.69) is 43.4 Å². The second-order valence-electron chi connectivity index (χ2n) is 5.67. The highest BCUT2D eigenvalue weighted by Gasteiger charge is 2.64. The third-order valence-corrected chi connectivity index (χ3v) is 5.31. The number of nitrogens with one attached hydrogen (secondary N) is 1. The molecule has 0 spiro atoms. The molecule has 0 saturated heterocycles. The first kappa shape index (κ1) is 10.9. The summed E-state index contributed by atoms with van der Waals surface area (Å²) in [6, 6.07) is 0. The standard InChI is InChI=1S/C12H20N2S/c1-8-7-15-10(14-8)13-6-9-11(2,3)12(9,4)5/h7,9H,6H2,1-5H3,(H,13,14). The Bertz CT molecular complexity index is 351. The zero-order valence-electron chi connectivity index (χ0n) is 10.2. The maximum absolute atomic E-state index is 4.41. The summed E-state index contributed by atoms with van der Waals surface area (Å²) in [5.74, 6) is 0.759. The average Bonchev–Trinajstić information content (AvgIpc) is 2.50. The number of nitrogens with zero attached hydrogens (tertiary/aromatic N) is 1. The lowest BCUT2D eigenvalue weighted by atomic mass is 10.0. The van der Waals surface area contributed by atoms with E-state index in [1.54, 1.807) is 11.3 Å². The van der Waals surface area contributed by atoms with Crippen LogP contribution < -0.4 is 5.32 Å². The average molecular weight is 224 g/mol. The van der Waals surface area contributed by atoms with Gasteiger partial charge in [0.25, 0.3) is 0 Å². The molecule has 3 heteroatoms. The van der Waals surface area contributed by atoms with Gasteiger partial charge in [-0.15, -0.1) is 11.3 Å². The summed E-state index contributed by atoms with van der Waals surface area (Å²) in [6.45, 7) is 12.5. The highest BCUT2D eigenvalue weighted by molar-refractivity contribution is 7.13. The molecular weight excluding hydrogens is 204 g/mol. The van der Waals surface area contributed by atoms with Crippen LogP contribution in [-0.4, -0.2) is 11.5 Å². The van der Waals surface area contributed by atoms with Gasteiger partial charge in [-0.05, 0) is 23.7 Å². The Kier molecular flexibility index (Phi) is 2.34. The molecular formula is C12H20N2S. The summed E-state index contributed by atoms with van der Waals surface area (Å²) in [7, 11) is 0. The molecule has 84 valence electrons. The van der Waals surface area contributed by atoms with Crippen LogP contribution in [0.1, 0.15) is 33.4 Å². The molecule has 1 saturated carbocycles. The molecule has 0 bridgehead atoms. The summed E-state index contributed by atoms with van der Waals surface area (Å²) >= 11 is 1.70. The molecule has 1 aliphatic rings. The minimum Gasteiger partial charge on any atom is -0.361 e. The third-order valence-electron chi connectivity index (χ3n) is 4.40. The zero-order chi connectivity index (χ0) is 11.3. The first-order valence-corrected chi connectivity index (χ1v) is 6.39. The molecule has 1 heterocycles. The molecule has 0 aromatic carbocycles. The van der Waals surface area contributed by atoms with E-state index in [4.69, 9.17) is 0 Å². The van der Waals surface area contributed by atoms with Gasteiger partial charge in [-0.25, -0.2) is 4.98 Å². The molecule has 1 fully saturated rings. The van der Waals surface area contributed by atoms with Gasteiger partial charge in [-0.2, -0.15) is 0 Å². The van der Waals surface area contributed by atoms with Crippen molar-refractivity contribution in [2.24, 2.45) is 16.7 Å². The number of aromatic nitrogens is 1.